The number of aryl methyl sites for hydroxylation is 1. The van der Waals surface area contributed by atoms with Crippen LogP contribution in [-0.2, 0) is 4.79 Å². The first-order chi connectivity index (χ1) is 8.32. The number of nitrogens with one attached hydrogen (secondary N) is 1. The number of benzene rings is 1. The quantitative estimate of drug-likeness (QED) is 0.926. The lowest BCUT2D eigenvalue weighted by Gasteiger charge is -2.15. The third kappa shape index (κ3) is 3.73. The highest BCUT2D eigenvalue weighted by molar-refractivity contribution is 9.10. The van der Waals surface area contributed by atoms with Crippen molar-refractivity contribution in [1.82, 2.24) is 5.32 Å². The normalized spacial score (nSPS) is 10.6. The summed E-state index contributed by atoms with van der Waals surface area (Å²) in [4.78, 5) is 11.5. The van der Waals surface area contributed by atoms with Crippen molar-refractivity contribution in [3.8, 4) is 5.75 Å². The largest absolute Gasteiger partial charge is 0.483 e. The first kappa shape index (κ1) is 15.0. The molecular weight excluding hydrogens is 294 g/mol. The van der Waals surface area contributed by atoms with Crippen molar-refractivity contribution in [2.75, 3.05) is 6.61 Å². The molecule has 1 aromatic carbocycles. The summed E-state index contributed by atoms with van der Waals surface area (Å²) in [5.41, 5.74) is 3.32. The molecular formula is C14H20BrNO2. The molecule has 0 atom stereocenters. The monoisotopic (exact) mass is 313 g/mol. The van der Waals surface area contributed by atoms with E-state index in [1.54, 1.807) is 0 Å². The Kier molecular flexibility index (Phi) is 5.20. The Labute approximate surface area is 117 Å². The van der Waals surface area contributed by atoms with E-state index in [4.69, 9.17) is 4.74 Å². The van der Waals surface area contributed by atoms with Crippen LogP contribution in [0.3, 0.4) is 0 Å². The molecule has 4 heteroatoms. The minimum atomic E-state index is -0.0948. The summed E-state index contributed by atoms with van der Waals surface area (Å²) in [6.07, 6.45) is 0. The molecule has 1 N–H and O–H groups in total. The Morgan fingerprint density at radius 3 is 2.50 bits per heavy atom. The third-order valence-electron chi connectivity index (χ3n) is 2.76. The van der Waals surface area contributed by atoms with Gasteiger partial charge in [-0.1, -0.05) is 15.9 Å². The second-order valence-electron chi connectivity index (χ2n) is 4.77. The fraction of sp³-hybridized carbons (Fsp3) is 0.500. The number of carbonyl (C=O) groups excluding carboxylic acids is 1. The minimum Gasteiger partial charge on any atom is -0.483 e. The molecule has 0 saturated heterocycles. The predicted molar refractivity (Wildman–Crippen MR) is 77.1 cm³/mol. The lowest BCUT2D eigenvalue weighted by molar-refractivity contribution is -0.123. The van der Waals surface area contributed by atoms with Crippen LogP contribution in [0.1, 0.15) is 30.5 Å². The van der Waals surface area contributed by atoms with E-state index in [0.717, 1.165) is 26.9 Å². The van der Waals surface area contributed by atoms with E-state index in [9.17, 15) is 4.79 Å². The summed E-state index contributed by atoms with van der Waals surface area (Å²) in [6, 6.07) is 2.09. The smallest absolute Gasteiger partial charge is 0.258 e. The average Bonchev–Trinajstić information content (AvgIpc) is 2.28. The summed E-state index contributed by atoms with van der Waals surface area (Å²) in [5.74, 6) is 0.676. The van der Waals surface area contributed by atoms with Gasteiger partial charge in [-0.25, -0.2) is 0 Å². The van der Waals surface area contributed by atoms with E-state index in [1.165, 1.54) is 0 Å². The number of rotatable bonds is 4. The molecule has 0 aliphatic heterocycles. The highest BCUT2D eigenvalue weighted by atomic mass is 79.9. The van der Waals surface area contributed by atoms with Gasteiger partial charge in [0.25, 0.3) is 5.91 Å². The Bertz CT molecular complexity index is 456. The van der Waals surface area contributed by atoms with Crippen LogP contribution in [-0.4, -0.2) is 18.6 Å². The zero-order valence-corrected chi connectivity index (χ0v) is 13.1. The molecule has 0 spiro atoms. The van der Waals surface area contributed by atoms with Gasteiger partial charge in [-0.2, -0.15) is 0 Å². The van der Waals surface area contributed by atoms with Crippen LogP contribution >= 0.6 is 15.9 Å². The fourth-order valence-electron chi connectivity index (χ4n) is 1.67. The van der Waals surface area contributed by atoms with Crippen molar-refractivity contribution >= 4 is 21.8 Å². The Morgan fingerprint density at radius 2 is 1.94 bits per heavy atom. The Morgan fingerprint density at radius 1 is 1.33 bits per heavy atom. The average molecular weight is 314 g/mol. The molecule has 0 fully saturated rings. The maximum atomic E-state index is 11.5. The lowest BCUT2D eigenvalue weighted by atomic mass is 10.1. The molecule has 1 aromatic rings. The van der Waals surface area contributed by atoms with Crippen LogP contribution in [0.15, 0.2) is 10.5 Å². The number of amides is 1. The molecule has 100 valence electrons. The zero-order chi connectivity index (χ0) is 13.9. The molecule has 0 aliphatic rings. The van der Waals surface area contributed by atoms with E-state index in [2.05, 4.69) is 21.2 Å². The van der Waals surface area contributed by atoms with Gasteiger partial charge in [0, 0.05) is 10.5 Å². The van der Waals surface area contributed by atoms with Crippen molar-refractivity contribution in [2.45, 2.75) is 40.7 Å². The van der Waals surface area contributed by atoms with E-state index >= 15 is 0 Å². The van der Waals surface area contributed by atoms with Crippen LogP contribution in [0, 0.1) is 20.8 Å². The van der Waals surface area contributed by atoms with Gasteiger partial charge in [0.2, 0.25) is 0 Å². The van der Waals surface area contributed by atoms with Crippen molar-refractivity contribution in [2.24, 2.45) is 0 Å². The highest BCUT2D eigenvalue weighted by Gasteiger charge is 2.11. The number of hydrogen-bond acceptors (Lipinski definition) is 2. The summed E-state index contributed by atoms with van der Waals surface area (Å²) in [7, 11) is 0. The fourth-order valence-corrected chi connectivity index (χ4v) is 2.08. The molecule has 0 unspecified atom stereocenters. The van der Waals surface area contributed by atoms with Gasteiger partial charge in [0.05, 0.1) is 0 Å². The number of ether oxygens (including phenoxy) is 1. The molecule has 0 radical (unpaired) electrons. The first-order valence-electron chi connectivity index (χ1n) is 6.01. The van der Waals surface area contributed by atoms with Crippen molar-refractivity contribution in [3.63, 3.8) is 0 Å². The van der Waals surface area contributed by atoms with Gasteiger partial charge >= 0.3 is 0 Å². The SMILES string of the molecule is Cc1cc(OCC(=O)NC(C)C)c(C)c(C)c1Br. The van der Waals surface area contributed by atoms with Crippen LogP contribution < -0.4 is 10.1 Å². The summed E-state index contributed by atoms with van der Waals surface area (Å²) in [5, 5.41) is 2.80. The second kappa shape index (κ2) is 6.23. The number of hydrogen-bond donors (Lipinski definition) is 1. The maximum Gasteiger partial charge on any atom is 0.258 e. The lowest BCUT2D eigenvalue weighted by Crippen LogP contribution is -2.34. The Balaban J connectivity index is 2.77. The van der Waals surface area contributed by atoms with Gasteiger partial charge in [0.15, 0.2) is 6.61 Å². The number of halogens is 1. The molecule has 0 aliphatic carbocycles. The molecule has 0 bridgehead atoms. The molecule has 0 aromatic heterocycles. The van der Waals surface area contributed by atoms with E-state index in [-0.39, 0.29) is 18.6 Å². The molecule has 1 amide bonds. The standard InChI is InChI=1S/C14H20BrNO2/c1-8(2)16-13(17)7-18-12-6-9(3)14(15)11(5)10(12)4/h6,8H,7H2,1-5H3,(H,16,17). The zero-order valence-electron chi connectivity index (χ0n) is 11.6. The molecule has 0 heterocycles. The minimum absolute atomic E-state index is 0.0551. The van der Waals surface area contributed by atoms with Crippen LogP contribution in [0.5, 0.6) is 5.75 Å². The van der Waals surface area contributed by atoms with Gasteiger partial charge < -0.3 is 10.1 Å². The predicted octanol–water partition coefficient (Wildman–Crippen LogP) is 3.28. The topological polar surface area (TPSA) is 38.3 Å². The van der Waals surface area contributed by atoms with Crippen molar-refractivity contribution in [3.05, 3.63) is 27.2 Å². The van der Waals surface area contributed by atoms with Gasteiger partial charge in [-0.05, 0) is 57.4 Å². The molecule has 0 saturated carbocycles. The van der Waals surface area contributed by atoms with Crippen LogP contribution in [0.4, 0.5) is 0 Å². The molecule has 1 rings (SSSR count). The van der Waals surface area contributed by atoms with Gasteiger partial charge in [-0.3, -0.25) is 4.79 Å². The third-order valence-corrected chi connectivity index (χ3v) is 3.98. The summed E-state index contributed by atoms with van der Waals surface area (Å²) < 4.78 is 6.68. The highest BCUT2D eigenvalue weighted by Crippen LogP contribution is 2.31. The summed E-state index contributed by atoms with van der Waals surface area (Å²) in [6.45, 7) is 9.95. The maximum absolute atomic E-state index is 11.5. The van der Waals surface area contributed by atoms with Gasteiger partial charge in [0.1, 0.15) is 5.75 Å². The van der Waals surface area contributed by atoms with Crippen molar-refractivity contribution < 1.29 is 9.53 Å². The summed E-state index contributed by atoms with van der Waals surface area (Å²) >= 11 is 3.54. The van der Waals surface area contributed by atoms with E-state index in [0.29, 0.717) is 0 Å². The van der Waals surface area contributed by atoms with E-state index in [1.807, 2.05) is 40.7 Å². The first-order valence-corrected chi connectivity index (χ1v) is 6.80. The van der Waals surface area contributed by atoms with Crippen LogP contribution in [0.2, 0.25) is 0 Å². The van der Waals surface area contributed by atoms with Crippen molar-refractivity contribution in [1.29, 1.82) is 0 Å². The van der Waals surface area contributed by atoms with Gasteiger partial charge in [-0.15, -0.1) is 0 Å². The molecule has 18 heavy (non-hydrogen) atoms. The van der Waals surface area contributed by atoms with Crippen LogP contribution in [0.25, 0.3) is 0 Å². The number of carbonyl (C=O) groups is 1. The molecule has 3 nitrogen and oxygen atoms in total. The van der Waals surface area contributed by atoms with E-state index < -0.39 is 0 Å². The second-order valence-corrected chi connectivity index (χ2v) is 5.56. The Hall–Kier alpha value is -1.03.